The van der Waals surface area contributed by atoms with Crippen molar-refractivity contribution < 1.29 is 0 Å². The van der Waals surface area contributed by atoms with E-state index in [4.69, 9.17) is 0 Å². The van der Waals surface area contributed by atoms with Crippen molar-refractivity contribution in [3.63, 3.8) is 0 Å². The summed E-state index contributed by atoms with van der Waals surface area (Å²) in [4.78, 5) is 27.6. The zero-order valence-corrected chi connectivity index (χ0v) is 15.7. The van der Waals surface area contributed by atoms with Crippen LogP contribution in [0.4, 0.5) is 0 Å². The largest absolute Gasteiger partial charge is 0.349 e. The molecule has 2 aromatic heterocycles. The van der Waals surface area contributed by atoms with E-state index in [1.54, 1.807) is 30.5 Å². The van der Waals surface area contributed by atoms with Crippen LogP contribution in [0.1, 0.15) is 55.1 Å². The average molecular weight is 364 g/mol. The highest BCUT2D eigenvalue weighted by Crippen LogP contribution is 2.31. The summed E-state index contributed by atoms with van der Waals surface area (Å²) in [5.74, 6) is 0. The molecule has 1 fully saturated rings. The molecule has 27 heavy (non-hydrogen) atoms. The van der Waals surface area contributed by atoms with Gasteiger partial charge in [0.2, 0.25) is 0 Å². The van der Waals surface area contributed by atoms with Gasteiger partial charge in [-0.05, 0) is 44.9 Å². The van der Waals surface area contributed by atoms with Crippen LogP contribution in [0, 0.1) is 13.8 Å². The predicted octanol–water partition coefficient (Wildman–Crippen LogP) is 3.50. The fourth-order valence-corrected chi connectivity index (χ4v) is 4.21. The van der Waals surface area contributed by atoms with Crippen molar-refractivity contribution >= 4 is 17.1 Å². The summed E-state index contributed by atoms with van der Waals surface area (Å²) in [6.07, 6.45) is 7.89. The van der Waals surface area contributed by atoms with Gasteiger partial charge in [-0.1, -0.05) is 31.4 Å². The van der Waals surface area contributed by atoms with Crippen molar-refractivity contribution in [1.82, 2.24) is 14.2 Å². The lowest BCUT2D eigenvalue weighted by Gasteiger charge is -2.26. The standard InChI is InChI=1S/C21H24N4O2/c1-14-12-16(15(2)24(14)17-8-4-3-5-9-17)13-22-25-20(26)18-10-6-7-11-19(18)23-21(25)27/h6-7,10-13,17H,3-5,8-9H2,1-2H3,(H,23,27). The van der Waals surface area contributed by atoms with Crippen molar-refractivity contribution in [2.24, 2.45) is 5.10 Å². The third-order valence-corrected chi connectivity index (χ3v) is 5.56. The summed E-state index contributed by atoms with van der Waals surface area (Å²) < 4.78 is 3.28. The molecule has 1 aliphatic carbocycles. The first-order chi connectivity index (χ1) is 13.1. The third-order valence-electron chi connectivity index (χ3n) is 5.56. The summed E-state index contributed by atoms with van der Waals surface area (Å²) in [5, 5.41) is 4.65. The normalized spacial score (nSPS) is 15.8. The number of hydrogen-bond acceptors (Lipinski definition) is 3. The highest BCUT2D eigenvalue weighted by molar-refractivity contribution is 5.82. The number of nitrogens with zero attached hydrogens (tertiary/aromatic N) is 3. The number of fused-ring (bicyclic) bond motifs is 1. The van der Waals surface area contributed by atoms with Gasteiger partial charge in [-0.3, -0.25) is 4.79 Å². The average Bonchev–Trinajstić information content (AvgIpc) is 2.96. The van der Waals surface area contributed by atoms with Crippen LogP contribution in [-0.4, -0.2) is 20.4 Å². The number of H-pyrrole nitrogens is 1. The molecule has 0 radical (unpaired) electrons. The second-order valence-electron chi connectivity index (χ2n) is 7.33. The molecule has 4 rings (SSSR count). The van der Waals surface area contributed by atoms with E-state index in [1.165, 1.54) is 37.8 Å². The number of rotatable bonds is 3. The number of aromatic amines is 1. The smallest absolute Gasteiger partial charge is 0.345 e. The van der Waals surface area contributed by atoms with Crippen molar-refractivity contribution in [1.29, 1.82) is 0 Å². The Balaban J connectivity index is 1.73. The number of aryl methyl sites for hydroxylation is 1. The molecule has 6 heteroatoms. The Hall–Kier alpha value is -2.89. The van der Waals surface area contributed by atoms with Gasteiger partial charge in [0, 0.05) is 23.0 Å². The number of hydrogen-bond donors (Lipinski definition) is 1. The topological polar surface area (TPSA) is 72.2 Å². The van der Waals surface area contributed by atoms with E-state index in [1.807, 2.05) is 0 Å². The maximum atomic E-state index is 12.6. The second kappa shape index (κ2) is 7.02. The number of para-hydroxylation sites is 1. The van der Waals surface area contributed by atoms with Crippen LogP contribution in [0.25, 0.3) is 10.9 Å². The Kier molecular flexibility index (Phi) is 4.56. The van der Waals surface area contributed by atoms with Crippen LogP contribution in [0.3, 0.4) is 0 Å². The number of nitrogens with one attached hydrogen (secondary N) is 1. The molecule has 0 amide bonds. The first-order valence-corrected chi connectivity index (χ1v) is 9.53. The van der Waals surface area contributed by atoms with Crippen molar-refractivity contribution in [2.75, 3.05) is 0 Å². The maximum Gasteiger partial charge on any atom is 0.349 e. The molecule has 0 bridgehead atoms. The van der Waals surface area contributed by atoms with Gasteiger partial charge < -0.3 is 9.55 Å². The van der Waals surface area contributed by atoms with E-state index < -0.39 is 11.2 Å². The van der Waals surface area contributed by atoms with Gasteiger partial charge in [0.1, 0.15) is 0 Å². The Morgan fingerprint density at radius 2 is 1.85 bits per heavy atom. The maximum absolute atomic E-state index is 12.6. The molecule has 0 saturated heterocycles. The molecule has 0 spiro atoms. The highest BCUT2D eigenvalue weighted by atomic mass is 16.2. The molecule has 0 atom stereocenters. The molecule has 1 aromatic carbocycles. The Labute approximate surface area is 157 Å². The Bertz CT molecular complexity index is 1130. The summed E-state index contributed by atoms with van der Waals surface area (Å²) in [6, 6.07) is 9.57. The van der Waals surface area contributed by atoms with Crippen LogP contribution in [-0.2, 0) is 0 Å². The summed E-state index contributed by atoms with van der Waals surface area (Å²) in [5.41, 5.74) is 2.85. The van der Waals surface area contributed by atoms with E-state index in [0.29, 0.717) is 16.9 Å². The van der Waals surface area contributed by atoms with Gasteiger partial charge in [-0.2, -0.15) is 5.10 Å². The predicted molar refractivity (Wildman–Crippen MR) is 108 cm³/mol. The lowest BCUT2D eigenvalue weighted by Crippen LogP contribution is -2.32. The fourth-order valence-electron chi connectivity index (χ4n) is 4.21. The molecule has 1 saturated carbocycles. The Morgan fingerprint density at radius 1 is 1.11 bits per heavy atom. The second-order valence-corrected chi connectivity index (χ2v) is 7.33. The quantitative estimate of drug-likeness (QED) is 0.723. The van der Waals surface area contributed by atoms with Crippen LogP contribution >= 0.6 is 0 Å². The molecule has 1 aliphatic rings. The zero-order valence-electron chi connectivity index (χ0n) is 15.7. The molecule has 0 unspecified atom stereocenters. The van der Waals surface area contributed by atoms with Gasteiger partial charge in [0.25, 0.3) is 5.56 Å². The first-order valence-electron chi connectivity index (χ1n) is 9.53. The molecular weight excluding hydrogens is 340 g/mol. The number of benzene rings is 1. The van der Waals surface area contributed by atoms with E-state index in [-0.39, 0.29) is 0 Å². The van der Waals surface area contributed by atoms with E-state index >= 15 is 0 Å². The monoisotopic (exact) mass is 364 g/mol. The zero-order chi connectivity index (χ0) is 19.0. The fraction of sp³-hybridized carbons (Fsp3) is 0.381. The van der Waals surface area contributed by atoms with Crippen molar-refractivity contribution in [2.45, 2.75) is 52.0 Å². The van der Waals surface area contributed by atoms with Gasteiger partial charge in [-0.15, -0.1) is 4.68 Å². The van der Waals surface area contributed by atoms with Gasteiger partial charge >= 0.3 is 5.69 Å². The van der Waals surface area contributed by atoms with Crippen molar-refractivity contribution in [3.8, 4) is 0 Å². The molecule has 3 aromatic rings. The van der Waals surface area contributed by atoms with Crippen LogP contribution < -0.4 is 11.2 Å². The summed E-state index contributed by atoms with van der Waals surface area (Å²) >= 11 is 0. The summed E-state index contributed by atoms with van der Waals surface area (Å²) in [7, 11) is 0. The molecule has 1 N–H and O–H groups in total. The van der Waals surface area contributed by atoms with Gasteiger partial charge in [-0.25, -0.2) is 4.79 Å². The minimum absolute atomic E-state index is 0.410. The first kappa shape index (κ1) is 17.5. The molecular formula is C21H24N4O2. The number of aromatic nitrogens is 3. The minimum atomic E-state index is -0.531. The van der Waals surface area contributed by atoms with Crippen LogP contribution in [0.2, 0.25) is 0 Å². The van der Waals surface area contributed by atoms with E-state index in [0.717, 1.165) is 15.9 Å². The highest BCUT2D eigenvalue weighted by Gasteiger charge is 2.19. The van der Waals surface area contributed by atoms with Crippen molar-refractivity contribution in [3.05, 3.63) is 68.1 Å². The van der Waals surface area contributed by atoms with Gasteiger partial charge in [0.05, 0.1) is 17.1 Å². The SMILES string of the molecule is Cc1cc(C=Nn2c(=O)[nH]c3ccccc3c2=O)c(C)n1C1CCCCC1. The summed E-state index contributed by atoms with van der Waals surface area (Å²) in [6.45, 7) is 4.18. The van der Waals surface area contributed by atoms with E-state index in [9.17, 15) is 9.59 Å². The lowest BCUT2D eigenvalue weighted by molar-refractivity contribution is 0.346. The van der Waals surface area contributed by atoms with Crippen LogP contribution in [0.5, 0.6) is 0 Å². The van der Waals surface area contributed by atoms with Crippen LogP contribution in [0.15, 0.2) is 45.0 Å². The van der Waals surface area contributed by atoms with E-state index in [2.05, 4.69) is 34.6 Å². The minimum Gasteiger partial charge on any atom is -0.345 e. The molecule has 0 aliphatic heterocycles. The lowest BCUT2D eigenvalue weighted by atomic mass is 9.95. The molecule has 2 heterocycles. The molecule has 6 nitrogen and oxygen atoms in total. The molecule has 140 valence electrons. The third kappa shape index (κ3) is 3.16. The van der Waals surface area contributed by atoms with Gasteiger partial charge in [0.15, 0.2) is 0 Å². The Morgan fingerprint density at radius 3 is 2.63 bits per heavy atom.